The molecule has 2 fully saturated rings. The van der Waals surface area contributed by atoms with Gasteiger partial charge in [-0.15, -0.1) is 0 Å². The minimum atomic E-state index is -1.03. The highest BCUT2D eigenvalue weighted by atomic mass is 16.5. The molecule has 1 aromatic heterocycles. The molecule has 7 nitrogen and oxygen atoms in total. The maximum atomic E-state index is 11.2. The summed E-state index contributed by atoms with van der Waals surface area (Å²) in [5.41, 5.74) is -0.357. The highest BCUT2D eigenvalue weighted by Crippen LogP contribution is 2.36. The number of rotatable bonds is 2. The van der Waals surface area contributed by atoms with Crippen LogP contribution in [0.1, 0.15) is 36.0 Å². The van der Waals surface area contributed by atoms with Gasteiger partial charge < -0.3 is 19.8 Å². The van der Waals surface area contributed by atoms with Crippen LogP contribution in [0.2, 0.25) is 0 Å². The van der Waals surface area contributed by atoms with Gasteiger partial charge in [0.15, 0.2) is 0 Å². The van der Waals surface area contributed by atoms with Crippen molar-refractivity contribution >= 4 is 11.8 Å². The van der Waals surface area contributed by atoms with Gasteiger partial charge in [0.1, 0.15) is 17.7 Å². The molecule has 1 atom stereocenters. The van der Waals surface area contributed by atoms with Crippen LogP contribution in [0.5, 0.6) is 0 Å². The fourth-order valence-electron chi connectivity index (χ4n) is 3.21. The quantitative estimate of drug-likeness (QED) is 0.828. The smallest absolute Gasteiger partial charge is 0.341 e. The van der Waals surface area contributed by atoms with Gasteiger partial charge in [-0.25, -0.2) is 14.8 Å². The maximum Gasteiger partial charge on any atom is 0.341 e. The number of carbonyl (C=O) groups is 1. The van der Waals surface area contributed by atoms with Crippen molar-refractivity contribution in [1.29, 1.82) is 0 Å². The second-order valence-corrected chi connectivity index (χ2v) is 5.62. The van der Waals surface area contributed by atoms with Crippen LogP contribution in [0, 0.1) is 0 Å². The molecule has 3 heterocycles. The molecule has 0 saturated carbocycles. The summed E-state index contributed by atoms with van der Waals surface area (Å²) in [6, 6.07) is 0. The summed E-state index contributed by atoms with van der Waals surface area (Å²) in [5, 5.41) is 19.4. The second kappa shape index (κ2) is 5.57. The number of aromatic nitrogens is 2. The normalized spacial score (nSPS) is 25.0. The van der Waals surface area contributed by atoms with Crippen molar-refractivity contribution in [2.24, 2.45) is 0 Å². The number of anilines is 1. The Labute approximate surface area is 122 Å². The van der Waals surface area contributed by atoms with Crippen molar-refractivity contribution in [2.45, 2.75) is 37.4 Å². The van der Waals surface area contributed by atoms with Gasteiger partial charge in [0.25, 0.3) is 0 Å². The van der Waals surface area contributed by atoms with Gasteiger partial charge in [0, 0.05) is 25.9 Å². The zero-order valence-electron chi connectivity index (χ0n) is 11.7. The van der Waals surface area contributed by atoms with Crippen LogP contribution in [0.3, 0.4) is 0 Å². The average molecular weight is 293 g/mol. The number of piperidine rings is 1. The Bertz CT molecular complexity index is 529. The average Bonchev–Trinajstić information content (AvgIpc) is 2.51. The minimum Gasteiger partial charge on any atom is -0.477 e. The lowest BCUT2D eigenvalue weighted by atomic mass is 9.82. The van der Waals surface area contributed by atoms with Crippen molar-refractivity contribution in [1.82, 2.24) is 9.97 Å². The van der Waals surface area contributed by atoms with E-state index in [1.165, 1.54) is 12.5 Å². The molecule has 0 aromatic carbocycles. The third-order valence-corrected chi connectivity index (χ3v) is 4.45. The van der Waals surface area contributed by atoms with Crippen LogP contribution in [-0.4, -0.2) is 57.6 Å². The summed E-state index contributed by atoms with van der Waals surface area (Å²) in [5.74, 6) is -0.586. The number of hydrogen-bond acceptors (Lipinski definition) is 6. The molecular weight excluding hydrogens is 274 g/mol. The van der Waals surface area contributed by atoms with E-state index >= 15 is 0 Å². The molecule has 1 aromatic rings. The summed E-state index contributed by atoms with van der Waals surface area (Å²) in [6.07, 6.45) is 5.26. The topological polar surface area (TPSA) is 95.8 Å². The molecule has 0 radical (unpaired) electrons. The van der Waals surface area contributed by atoms with E-state index in [4.69, 9.17) is 4.74 Å². The number of aliphatic hydroxyl groups excluding tert-OH is 1. The maximum absolute atomic E-state index is 11.2. The molecule has 1 spiro atoms. The van der Waals surface area contributed by atoms with Crippen LogP contribution in [0.15, 0.2) is 12.5 Å². The van der Waals surface area contributed by atoms with Crippen molar-refractivity contribution < 1.29 is 19.7 Å². The molecule has 7 heteroatoms. The Morgan fingerprint density at radius 2 is 2.19 bits per heavy atom. The van der Waals surface area contributed by atoms with Gasteiger partial charge in [-0.05, 0) is 25.7 Å². The summed E-state index contributed by atoms with van der Waals surface area (Å²) in [4.78, 5) is 21.1. The Morgan fingerprint density at radius 1 is 1.43 bits per heavy atom. The van der Waals surface area contributed by atoms with Gasteiger partial charge in [-0.1, -0.05) is 0 Å². The largest absolute Gasteiger partial charge is 0.477 e. The zero-order chi connectivity index (χ0) is 14.9. The zero-order valence-corrected chi connectivity index (χ0v) is 11.7. The molecule has 2 aliphatic rings. The van der Waals surface area contributed by atoms with Crippen LogP contribution in [-0.2, 0) is 4.74 Å². The van der Waals surface area contributed by atoms with Crippen molar-refractivity contribution in [3.05, 3.63) is 18.1 Å². The molecule has 3 rings (SSSR count). The van der Waals surface area contributed by atoms with Gasteiger partial charge >= 0.3 is 5.97 Å². The van der Waals surface area contributed by atoms with E-state index in [-0.39, 0.29) is 5.56 Å². The number of aromatic carboxylic acids is 1. The Hall–Kier alpha value is -1.73. The van der Waals surface area contributed by atoms with E-state index in [1.54, 1.807) is 0 Å². The number of ether oxygens (including phenoxy) is 1. The van der Waals surface area contributed by atoms with Gasteiger partial charge in [-0.3, -0.25) is 0 Å². The predicted molar refractivity (Wildman–Crippen MR) is 74.4 cm³/mol. The molecule has 0 amide bonds. The van der Waals surface area contributed by atoms with E-state index in [2.05, 4.69) is 9.97 Å². The van der Waals surface area contributed by atoms with Crippen LogP contribution >= 0.6 is 0 Å². The minimum absolute atomic E-state index is 0.110. The van der Waals surface area contributed by atoms with Crippen molar-refractivity contribution in [3.63, 3.8) is 0 Å². The molecular formula is C14H19N3O4. The fourth-order valence-corrected chi connectivity index (χ4v) is 3.21. The predicted octanol–water partition coefficient (Wildman–Crippen LogP) is 0.685. The van der Waals surface area contributed by atoms with Crippen LogP contribution < -0.4 is 4.90 Å². The highest BCUT2D eigenvalue weighted by molar-refractivity contribution is 5.92. The lowest BCUT2D eigenvalue weighted by Gasteiger charge is -2.47. The summed E-state index contributed by atoms with van der Waals surface area (Å²) < 4.78 is 5.85. The number of aliphatic hydroxyl groups is 1. The van der Waals surface area contributed by atoms with Crippen LogP contribution in [0.4, 0.5) is 5.82 Å². The number of nitrogens with zero attached hydrogens (tertiary/aromatic N) is 3. The standard InChI is InChI=1S/C14H19N3O4/c18-11-2-1-7-21-14(11)3-5-17(6-4-14)12-10(13(19)20)8-15-9-16-12/h8-9,11,18H,1-7H2,(H,19,20). The van der Waals surface area contributed by atoms with Gasteiger partial charge in [-0.2, -0.15) is 0 Å². The SMILES string of the molecule is O=C(O)c1cncnc1N1CCC2(CC1)OCCCC2O. The van der Waals surface area contributed by atoms with E-state index in [0.29, 0.717) is 38.4 Å². The number of carboxylic acids is 1. The molecule has 1 unspecified atom stereocenters. The summed E-state index contributed by atoms with van der Waals surface area (Å²) in [7, 11) is 0. The summed E-state index contributed by atoms with van der Waals surface area (Å²) in [6.45, 7) is 1.92. The lowest BCUT2D eigenvalue weighted by molar-refractivity contribution is -0.164. The molecule has 2 saturated heterocycles. The lowest BCUT2D eigenvalue weighted by Crippen LogP contribution is -2.55. The van der Waals surface area contributed by atoms with E-state index in [0.717, 1.165) is 12.8 Å². The van der Waals surface area contributed by atoms with E-state index in [9.17, 15) is 15.0 Å². The fraction of sp³-hybridized carbons (Fsp3) is 0.643. The molecule has 0 bridgehead atoms. The monoisotopic (exact) mass is 293 g/mol. The Morgan fingerprint density at radius 3 is 2.86 bits per heavy atom. The molecule has 2 aliphatic heterocycles. The first-order valence-electron chi connectivity index (χ1n) is 7.23. The van der Waals surface area contributed by atoms with Gasteiger partial charge in [0.2, 0.25) is 0 Å². The first-order chi connectivity index (χ1) is 10.1. The van der Waals surface area contributed by atoms with Gasteiger partial charge in [0.05, 0.1) is 11.7 Å². The molecule has 114 valence electrons. The third kappa shape index (κ3) is 2.58. The van der Waals surface area contributed by atoms with Crippen molar-refractivity contribution in [2.75, 3.05) is 24.6 Å². The first kappa shape index (κ1) is 14.2. The molecule has 21 heavy (non-hydrogen) atoms. The number of hydrogen-bond donors (Lipinski definition) is 2. The van der Waals surface area contributed by atoms with Crippen molar-refractivity contribution in [3.8, 4) is 0 Å². The van der Waals surface area contributed by atoms with E-state index in [1.807, 2.05) is 4.90 Å². The van der Waals surface area contributed by atoms with Crippen LogP contribution in [0.25, 0.3) is 0 Å². The summed E-state index contributed by atoms with van der Waals surface area (Å²) >= 11 is 0. The molecule has 2 N–H and O–H groups in total. The molecule has 0 aliphatic carbocycles. The Balaban J connectivity index is 1.76. The first-order valence-corrected chi connectivity index (χ1v) is 7.23. The van der Waals surface area contributed by atoms with E-state index < -0.39 is 17.7 Å². The Kier molecular flexibility index (Phi) is 3.77. The third-order valence-electron chi connectivity index (χ3n) is 4.45. The number of carboxylic acid groups (broad SMARTS) is 1. The second-order valence-electron chi connectivity index (χ2n) is 5.62. The highest BCUT2D eigenvalue weighted by Gasteiger charge is 2.44.